The topological polar surface area (TPSA) is 32.7 Å². The van der Waals surface area contributed by atoms with E-state index >= 15 is 0 Å². The summed E-state index contributed by atoms with van der Waals surface area (Å²) in [5.41, 5.74) is -0.0192. The first-order valence-corrected chi connectivity index (χ1v) is 8.01. The molecule has 5 heteroatoms. The van der Waals surface area contributed by atoms with Crippen LogP contribution in [0.1, 0.15) is 31.7 Å². The number of likely N-dealkylation sites (tertiary alicyclic amines) is 1. The Bertz CT molecular complexity index is 507. The highest BCUT2D eigenvalue weighted by Gasteiger charge is 2.55. The van der Waals surface area contributed by atoms with Crippen molar-refractivity contribution < 1.29 is 18.6 Å². The summed E-state index contributed by atoms with van der Waals surface area (Å²) in [5, 5.41) is 10.2. The third-order valence-corrected chi connectivity index (χ3v) is 5.34. The predicted octanol–water partition coefficient (Wildman–Crippen LogP) is 2.72. The summed E-state index contributed by atoms with van der Waals surface area (Å²) in [6.07, 6.45) is 2.15. The quantitative estimate of drug-likeness (QED) is 0.928. The van der Waals surface area contributed by atoms with E-state index in [0.29, 0.717) is 13.0 Å². The van der Waals surface area contributed by atoms with Crippen LogP contribution in [-0.2, 0) is 11.3 Å². The van der Waals surface area contributed by atoms with Crippen molar-refractivity contribution in [2.75, 3.05) is 19.7 Å². The molecule has 0 bridgehead atoms. The molecule has 1 heterocycles. The summed E-state index contributed by atoms with van der Waals surface area (Å²) in [4.78, 5) is 2.06. The Morgan fingerprint density at radius 2 is 1.91 bits per heavy atom. The highest BCUT2D eigenvalue weighted by molar-refractivity contribution is 5.20. The van der Waals surface area contributed by atoms with Crippen molar-refractivity contribution >= 4 is 0 Å². The number of rotatable bonds is 4. The van der Waals surface area contributed by atoms with E-state index in [9.17, 15) is 13.9 Å². The molecule has 0 amide bonds. The maximum atomic E-state index is 13.7. The molecule has 0 unspecified atom stereocenters. The van der Waals surface area contributed by atoms with Gasteiger partial charge in [-0.15, -0.1) is 0 Å². The number of halogens is 2. The number of ether oxygens (including phenoxy) is 1. The van der Waals surface area contributed by atoms with Gasteiger partial charge in [-0.3, -0.25) is 4.90 Å². The van der Waals surface area contributed by atoms with Gasteiger partial charge in [-0.25, -0.2) is 8.78 Å². The Balaban J connectivity index is 1.62. The molecule has 0 aromatic heterocycles. The fourth-order valence-electron chi connectivity index (χ4n) is 3.85. The van der Waals surface area contributed by atoms with Gasteiger partial charge in [0.2, 0.25) is 0 Å². The minimum Gasteiger partial charge on any atom is -0.392 e. The molecule has 2 atom stereocenters. The lowest BCUT2D eigenvalue weighted by Gasteiger charge is -2.56. The molecule has 0 radical (unpaired) electrons. The van der Waals surface area contributed by atoms with Crippen LogP contribution >= 0.6 is 0 Å². The molecule has 22 heavy (non-hydrogen) atoms. The van der Waals surface area contributed by atoms with Gasteiger partial charge in [-0.1, -0.05) is 6.07 Å². The average molecular weight is 311 g/mol. The Hall–Kier alpha value is -1.04. The third-order valence-electron chi connectivity index (χ3n) is 5.34. The van der Waals surface area contributed by atoms with Crippen LogP contribution in [0.15, 0.2) is 18.2 Å². The minimum absolute atomic E-state index is 0.125. The lowest BCUT2D eigenvalue weighted by molar-refractivity contribution is -0.210. The summed E-state index contributed by atoms with van der Waals surface area (Å²) < 4.78 is 33.2. The fourth-order valence-corrected chi connectivity index (χ4v) is 3.85. The Morgan fingerprint density at radius 1 is 1.27 bits per heavy atom. The first-order valence-electron chi connectivity index (χ1n) is 8.01. The molecule has 1 N–H and O–H groups in total. The normalized spacial score (nSPS) is 27.8. The second kappa shape index (κ2) is 6.22. The molecule has 1 aromatic rings. The summed E-state index contributed by atoms with van der Waals surface area (Å²) in [5.74, 6) is -0.979. The van der Waals surface area contributed by atoms with Crippen molar-refractivity contribution in [3.05, 3.63) is 35.4 Å². The highest BCUT2D eigenvalue weighted by atomic mass is 19.1. The zero-order valence-corrected chi connectivity index (χ0v) is 12.9. The maximum Gasteiger partial charge on any atom is 0.130 e. The average Bonchev–Trinajstić information content (AvgIpc) is 2.51. The zero-order chi connectivity index (χ0) is 15.7. The van der Waals surface area contributed by atoms with E-state index in [-0.39, 0.29) is 29.7 Å². The van der Waals surface area contributed by atoms with E-state index in [1.54, 1.807) is 0 Å². The van der Waals surface area contributed by atoms with Crippen LogP contribution in [0.3, 0.4) is 0 Å². The van der Waals surface area contributed by atoms with Crippen molar-refractivity contribution in [1.82, 2.24) is 4.90 Å². The third kappa shape index (κ3) is 2.66. The molecule has 1 saturated heterocycles. The largest absolute Gasteiger partial charge is 0.392 e. The monoisotopic (exact) mass is 311 g/mol. The molecule has 1 aromatic carbocycles. The number of piperidine rings is 1. The van der Waals surface area contributed by atoms with Gasteiger partial charge in [0.25, 0.3) is 0 Å². The van der Waals surface area contributed by atoms with Crippen molar-refractivity contribution in [3.63, 3.8) is 0 Å². The highest BCUT2D eigenvalue weighted by Crippen LogP contribution is 2.51. The number of hydrogen-bond donors (Lipinski definition) is 1. The number of nitrogens with zero attached hydrogens (tertiary/aromatic N) is 1. The number of aliphatic hydroxyl groups excluding tert-OH is 1. The van der Waals surface area contributed by atoms with Gasteiger partial charge in [-0.2, -0.15) is 0 Å². The van der Waals surface area contributed by atoms with E-state index in [1.807, 2.05) is 6.92 Å². The van der Waals surface area contributed by atoms with Gasteiger partial charge in [0.15, 0.2) is 0 Å². The summed E-state index contributed by atoms with van der Waals surface area (Å²) in [6, 6.07) is 3.98. The molecule has 2 aliphatic rings. The summed E-state index contributed by atoms with van der Waals surface area (Å²) >= 11 is 0. The molecule has 122 valence electrons. The number of benzene rings is 1. The van der Waals surface area contributed by atoms with Crippen LogP contribution in [0.25, 0.3) is 0 Å². The van der Waals surface area contributed by atoms with Crippen LogP contribution in [0, 0.1) is 17.0 Å². The van der Waals surface area contributed by atoms with Gasteiger partial charge in [-0.05, 0) is 45.0 Å². The van der Waals surface area contributed by atoms with E-state index in [2.05, 4.69) is 4.90 Å². The van der Waals surface area contributed by atoms with E-state index in [4.69, 9.17) is 4.74 Å². The zero-order valence-electron chi connectivity index (χ0n) is 12.9. The van der Waals surface area contributed by atoms with Gasteiger partial charge in [0.05, 0.1) is 12.2 Å². The smallest absolute Gasteiger partial charge is 0.130 e. The standard InChI is InChI=1S/C17H23F2NO2/c1-2-22-16-10-15(21)17(16)6-8-20(9-7-17)11-12-13(18)4-3-5-14(12)19/h3-5,15-16,21H,2,6-11H2,1H3/t15-,16+/m0/s1. The SMILES string of the molecule is CCO[C@@H]1C[C@H](O)C12CCN(Cc1c(F)cccc1F)CC2. The Kier molecular flexibility index (Phi) is 4.48. The molecule has 1 saturated carbocycles. The van der Waals surface area contributed by atoms with Crippen molar-refractivity contribution in [2.45, 2.75) is 44.9 Å². The number of aliphatic hydroxyl groups is 1. The van der Waals surface area contributed by atoms with E-state index in [0.717, 1.165) is 25.9 Å². The van der Waals surface area contributed by atoms with Gasteiger partial charge >= 0.3 is 0 Å². The molecule has 3 rings (SSSR count). The molecule has 1 spiro atoms. The van der Waals surface area contributed by atoms with Crippen molar-refractivity contribution in [2.24, 2.45) is 5.41 Å². The van der Waals surface area contributed by atoms with Gasteiger partial charge in [0, 0.05) is 30.6 Å². The fraction of sp³-hybridized carbons (Fsp3) is 0.647. The molecule has 1 aliphatic heterocycles. The second-order valence-corrected chi connectivity index (χ2v) is 6.41. The van der Waals surface area contributed by atoms with Crippen LogP contribution in [0.2, 0.25) is 0 Å². The molecular weight excluding hydrogens is 288 g/mol. The van der Waals surface area contributed by atoms with Gasteiger partial charge in [0.1, 0.15) is 11.6 Å². The van der Waals surface area contributed by atoms with Crippen LogP contribution in [-0.4, -0.2) is 41.9 Å². The Morgan fingerprint density at radius 3 is 2.45 bits per heavy atom. The molecule has 3 nitrogen and oxygen atoms in total. The van der Waals surface area contributed by atoms with Crippen molar-refractivity contribution in [3.8, 4) is 0 Å². The van der Waals surface area contributed by atoms with Crippen LogP contribution in [0.4, 0.5) is 8.78 Å². The first-order chi connectivity index (χ1) is 10.6. The Labute approximate surface area is 129 Å². The first kappa shape index (κ1) is 15.8. The van der Waals surface area contributed by atoms with Gasteiger partial charge < -0.3 is 9.84 Å². The summed E-state index contributed by atoms with van der Waals surface area (Å²) in [6.45, 7) is 4.37. The van der Waals surface area contributed by atoms with Crippen LogP contribution in [0.5, 0.6) is 0 Å². The lowest BCUT2D eigenvalue weighted by atomic mass is 9.58. The second-order valence-electron chi connectivity index (χ2n) is 6.41. The van der Waals surface area contributed by atoms with Crippen molar-refractivity contribution in [1.29, 1.82) is 0 Å². The number of hydrogen-bond acceptors (Lipinski definition) is 3. The molecule has 1 aliphatic carbocycles. The maximum absolute atomic E-state index is 13.7. The van der Waals surface area contributed by atoms with Crippen LogP contribution < -0.4 is 0 Å². The molecule has 2 fully saturated rings. The lowest BCUT2D eigenvalue weighted by Crippen LogP contribution is -2.62. The molecular formula is C17H23F2NO2. The summed E-state index contributed by atoms with van der Waals surface area (Å²) in [7, 11) is 0. The van der Waals surface area contributed by atoms with E-state index in [1.165, 1.54) is 18.2 Å². The predicted molar refractivity (Wildman–Crippen MR) is 79.3 cm³/mol. The van der Waals surface area contributed by atoms with E-state index < -0.39 is 11.6 Å². The minimum atomic E-state index is -0.490.